The molecule has 0 aromatic heterocycles. The maximum atomic E-state index is 3.45. The van der Waals surface area contributed by atoms with Crippen molar-refractivity contribution in [2.45, 2.75) is 0 Å². The van der Waals surface area contributed by atoms with E-state index in [-0.39, 0.29) is 0 Å². The molecule has 0 amide bonds. The van der Waals surface area contributed by atoms with Gasteiger partial charge in [-0.15, -0.1) is 0 Å². The summed E-state index contributed by atoms with van der Waals surface area (Å²) < 4.78 is 4.74. The summed E-state index contributed by atoms with van der Waals surface area (Å²) in [6.07, 6.45) is 0. The first-order valence-electron chi connectivity index (χ1n) is 2.41. The minimum absolute atomic E-state index is 1.15. The van der Waals surface area contributed by atoms with Crippen LogP contribution in [0.4, 0.5) is 0 Å². The molecule has 0 N–H and O–H groups in total. The van der Waals surface area contributed by atoms with Gasteiger partial charge >= 0.3 is 0 Å². The first kappa shape index (κ1) is 9.73. The number of hydrogen-bond donors (Lipinski definition) is 0. The highest BCUT2D eigenvalue weighted by molar-refractivity contribution is 14.1. The molecule has 0 saturated carbocycles. The van der Waals surface area contributed by atoms with E-state index in [1.165, 1.54) is 7.14 Å². The van der Waals surface area contributed by atoms with E-state index < -0.39 is 0 Å². The molecule has 0 unspecified atom stereocenters. The molecule has 0 nitrogen and oxygen atoms in total. The predicted molar refractivity (Wildman–Crippen MR) is 67.3 cm³/mol. The van der Waals surface area contributed by atoms with Gasteiger partial charge in [-0.1, -0.05) is 0 Å². The lowest BCUT2D eigenvalue weighted by atomic mass is 10.4. The fourth-order valence-electron chi connectivity index (χ4n) is 0.525. The Morgan fingerprint density at radius 1 is 1.00 bits per heavy atom. The smallest absolute Gasteiger partial charge is 0.0415 e. The van der Waals surface area contributed by atoms with Crippen LogP contribution in [0.1, 0.15) is 0 Å². The van der Waals surface area contributed by atoms with Crippen LogP contribution in [0, 0.1) is 7.14 Å². The molecule has 0 aliphatic heterocycles. The molecule has 0 radical (unpaired) electrons. The van der Waals surface area contributed by atoms with Crippen molar-refractivity contribution in [1.29, 1.82) is 0 Å². The predicted octanol–water partition coefficient (Wildman–Crippen LogP) is 4.42. The molecule has 4 heteroatoms. The standard InChI is InChI=1S/C6H2Br2I2/c7-4-1-3(9)2-5(8)6(4)10/h1-2H. The first-order chi connectivity index (χ1) is 4.61. The minimum atomic E-state index is 1.15. The third-order valence-electron chi connectivity index (χ3n) is 0.949. The van der Waals surface area contributed by atoms with Gasteiger partial charge in [0, 0.05) is 16.1 Å². The van der Waals surface area contributed by atoms with Crippen molar-refractivity contribution in [3.63, 3.8) is 0 Å². The van der Waals surface area contributed by atoms with Crippen LogP contribution >= 0.6 is 77.0 Å². The van der Waals surface area contributed by atoms with Crippen LogP contribution in [0.5, 0.6) is 0 Å². The lowest BCUT2D eigenvalue weighted by molar-refractivity contribution is 1.50. The zero-order chi connectivity index (χ0) is 7.72. The van der Waals surface area contributed by atoms with Crippen molar-refractivity contribution < 1.29 is 0 Å². The number of rotatable bonds is 0. The van der Waals surface area contributed by atoms with Crippen molar-refractivity contribution in [3.8, 4) is 0 Å². The Hall–Kier alpha value is 1.64. The van der Waals surface area contributed by atoms with Gasteiger partial charge in [0.05, 0.1) is 0 Å². The maximum absolute atomic E-state index is 3.45. The van der Waals surface area contributed by atoms with Crippen molar-refractivity contribution in [3.05, 3.63) is 28.2 Å². The van der Waals surface area contributed by atoms with Gasteiger partial charge in [0.2, 0.25) is 0 Å². The number of hydrogen-bond acceptors (Lipinski definition) is 0. The fraction of sp³-hybridized carbons (Fsp3) is 0. The van der Waals surface area contributed by atoms with Gasteiger partial charge in [0.25, 0.3) is 0 Å². The molecule has 0 spiro atoms. The summed E-state index contributed by atoms with van der Waals surface area (Å²) in [5.74, 6) is 0. The Bertz CT molecular complexity index is 237. The highest BCUT2D eigenvalue weighted by Crippen LogP contribution is 2.28. The third-order valence-corrected chi connectivity index (χ3v) is 5.47. The molecule has 1 aromatic rings. The molecular formula is C6H2Br2I2. The van der Waals surface area contributed by atoms with E-state index in [0.29, 0.717) is 0 Å². The van der Waals surface area contributed by atoms with Gasteiger partial charge in [-0.2, -0.15) is 0 Å². The molecule has 0 aliphatic rings. The summed E-state index contributed by atoms with van der Waals surface area (Å²) in [5.41, 5.74) is 0. The molecule has 0 fully saturated rings. The summed E-state index contributed by atoms with van der Waals surface area (Å²) in [6, 6.07) is 4.18. The summed E-state index contributed by atoms with van der Waals surface area (Å²) in [6.45, 7) is 0. The average Bonchev–Trinajstić information content (AvgIpc) is 1.82. The van der Waals surface area contributed by atoms with Crippen molar-refractivity contribution in [1.82, 2.24) is 0 Å². The molecule has 0 aliphatic carbocycles. The van der Waals surface area contributed by atoms with Crippen LogP contribution < -0.4 is 0 Å². The zero-order valence-electron chi connectivity index (χ0n) is 4.67. The van der Waals surface area contributed by atoms with Crippen LogP contribution in [0.3, 0.4) is 0 Å². The molecule has 1 rings (SSSR count). The second kappa shape index (κ2) is 4.04. The summed E-state index contributed by atoms with van der Waals surface area (Å²) in [7, 11) is 0. The molecule has 1 aromatic carbocycles. The van der Waals surface area contributed by atoms with E-state index >= 15 is 0 Å². The van der Waals surface area contributed by atoms with E-state index in [0.717, 1.165) is 8.95 Å². The average molecular weight is 488 g/mol. The lowest BCUT2D eigenvalue weighted by Gasteiger charge is -1.99. The number of halogens is 4. The molecule has 54 valence electrons. The largest absolute Gasteiger partial charge is 0.0496 e. The van der Waals surface area contributed by atoms with E-state index in [1.807, 2.05) is 0 Å². The van der Waals surface area contributed by atoms with E-state index in [1.54, 1.807) is 0 Å². The maximum Gasteiger partial charge on any atom is 0.0415 e. The monoisotopic (exact) mass is 486 g/mol. The van der Waals surface area contributed by atoms with Crippen molar-refractivity contribution in [2.75, 3.05) is 0 Å². The van der Waals surface area contributed by atoms with Crippen LogP contribution in [0.2, 0.25) is 0 Å². The molecule has 10 heavy (non-hydrogen) atoms. The van der Waals surface area contributed by atoms with Gasteiger partial charge < -0.3 is 0 Å². The Balaban J connectivity index is 3.31. The topological polar surface area (TPSA) is 0 Å². The van der Waals surface area contributed by atoms with Crippen molar-refractivity contribution in [2.24, 2.45) is 0 Å². The second-order valence-electron chi connectivity index (χ2n) is 1.68. The van der Waals surface area contributed by atoms with E-state index in [4.69, 9.17) is 0 Å². The first-order valence-corrected chi connectivity index (χ1v) is 6.15. The molecule has 0 heterocycles. The Morgan fingerprint density at radius 2 is 1.40 bits per heavy atom. The van der Waals surface area contributed by atoms with Crippen LogP contribution in [0.15, 0.2) is 21.1 Å². The van der Waals surface area contributed by atoms with Gasteiger partial charge in [-0.05, 0) is 89.2 Å². The molecule has 0 saturated heterocycles. The molecular weight excluding hydrogens is 486 g/mol. The Labute approximate surface area is 104 Å². The quantitative estimate of drug-likeness (QED) is 0.289. The van der Waals surface area contributed by atoms with Crippen LogP contribution in [-0.2, 0) is 0 Å². The third kappa shape index (κ3) is 2.31. The second-order valence-corrected chi connectivity index (χ2v) is 5.72. The SMILES string of the molecule is Brc1cc(I)cc(Br)c1I. The van der Waals surface area contributed by atoms with Gasteiger partial charge in [0.1, 0.15) is 0 Å². The Morgan fingerprint density at radius 3 is 1.80 bits per heavy atom. The lowest BCUT2D eigenvalue weighted by Crippen LogP contribution is -1.79. The normalized spacial score (nSPS) is 10.0. The molecule has 0 bridgehead atoms. The fourth-order valence-corrected chi connectivity index (χ4v) is 3.50. The van der Waals surface area contributed by atoms with Crippen molar-refractivity contribution >= 4 is 77.0 Å². The van der Waals surface area contributed by atoms with Crippen LogP contribution in [-0.4, -0.2) is 0 Å². The summed E-state index contributed by atoms with van der Waals surface area (Å²) in [5, 5.41) is 0. The van der Waals surface area contributed by atoms with Crippen LogP contribution in [0.25, 0.3) is 0 Å². The molecule has 0 atom stereocenters. The summed E-state index contributed by atoms with van der Waals surface area (Å²) >= 11 is 11.5. The van der Waals surface area contributed by atoms with E-state index in [9.17, 15) is 0 Å². The number of benzene rings is 1. The van der Waals surface area contributed by atoms with Gasteiger partial charge in [-0.25, -0.2) is 0 Å². The summed E-state index contributed by atoms with van der Waals surface area (Å²) in [4.78, 5) is 0. The van der Waals surface area contributed by atoms with Gasteiger partial charge in [0.15, 0.2) is 0 Å². The van der Waals surface area contributed by atoms with Gasteiger partial charge in [-0.3, -0.25) is 0 Å². The Kier molecular flexibility index (Phi) is 3.93. The van der Waals surface area contributed by atoms with E-state index in [2.05, 4.69) is 89.2 Å². The zero-order valence-corrected chi connectivity index (χ0v) is 12.2. The minimum Gasteiger partial charge on any atom is -0.0496 e. The highest BCUT2D eigenvalue weighted by Gasteiger charge is 2.01. The highest BCUT2D eigenvalue weighted by atomic mass is 127.